The number of fused-ring (bicyclic) bond motifs is 2. The van der Waals surface area contributed by atoms with Gasteiger partial charge >= 0.3 is 6.09 Å². The highest BCUT2D eigenvalue weighted by Gasteiger charge is 2.20. The van der Waals surface area contributed by atoms with Crippen molar-refractivity contribution in [2.24, 2.45) is 0 Å². The molecule has 46 heavy (non-hydrogen) atoms. The summed E-state index contributed by atoms with van der Waals surface area (Å²) >= 11 is 0. The molecule has 0 radical (unpaired) electrons. The first-order valence-electron chi connectivity index (χ1n) is 15.4. The van der Waals surface area contributed by atoms with Crippen molar-refractivity contribution in [3.63, 3.8) is 0 Å². The Morgan fingerprint density at radius 1 is 1.00 bits per heavy atom. The summed E-state index contributed by atoms with van der Waals surface area (Å²) in [6, 6.07) is 19.1. The highest BCUT2D eigenvalue weighted by Crippen LogP contribution is 2.32. The SMILES string of the molecule is Cc1cc(Nc2ncnc3ccc(NC(=O)/C=C/C4CCCN4C)cc23)ccc1Oc1ccc2ccn(C(=O)OC(C)(C)C)c2c1. The monoisotopic (exact) mass is 618 g/mol. The maximum absolute atomic E-state index is 12.7. The third-order valence-electron chi connectivity index (χ3n) is 7.87. The molecule has 1 fully saturated rings. The summed E-state index contributed by atoms with van der Waals surface area (Å²) in [5.41, 5.74) is 3.23. The van der Waals surface area contributed by atoms with Crippen LogP contribution < -0.4 is 15.4 Å². The lowest BCUT2D eigenvalue weighted by atomic mass is 10.1. The molecule has 1 unspecified atom stereocenters. The number of anilines is 3. The Labute approximate surface area is 268 Å². The fraction of sp³-hybridized carbons (Fsp3) is 0.278. The molecule has 0 spiro atoms. The lowest BCUT2D eigenvalue weighted by Crippen LogP contribution is -2.26. The van der Waals surface area contributed by atoms with Gasteiger partial charge in [-0.3, -0.25) is 14.3 Å². The van der Waals surface area contributed by atoms with Crippen LogP contribution in [0.25, 0.3) is 21.8 Å². The standard InChI is InChI=1S/C36H38N6O4/c1-23-19-25(10-14-32(23)45-28-12-8-24-16-18-42(31(24)21-28)35(44)46-36(2,3)4)40-34-29-20-26(9-13-30(29)37-22-38-34)39-33(43)15-11-27-7-6-17-41(27)5/h8-16,18-22,27H,6-7,17H2,1-5H3,(H,39,43)(H,37,38,40)/b15-11+. The molecule has 2 aromatic heterocycles. The number of likely N-dealkylation sites (tertiary alicyclic amines) is 1. The predicted molar refractivity (Wildman–Crippen MR) is 181 cm³/mol. The van der Waals surface area contributed by atoms with Gasteiger partial charge in [-0.25, -0.2) is 14.8 Å². The molecule has 1 aliphatic rings. The van der Waals surface area contributed by atoms with Crippen LogP contribution in [-0.2, 0) is 9.53 Å². The Morgan fingerprint density at radius 2 is 1.83 bits per heavy atom. The number of likely N-dealkylation sites (N-methyl/N-ethyl adjacent to an activating group) is 1. The first-order chi connectivity index (χ1) is 22.0. The minimum atomic E-state index is -0.603. The van der Waals surface area contributed by atoms with E-state index in [0.29, 0.717) is 34.6 Å². The number of carbonyl (C=O) groups excluding carboxylic acids is 2. The smallest absolute Gasteiger partial charge is 0.418 e. The predicted octanol–water partition coefficient (Wildman–Crippen LogP) is 7.80. The van der Waals surface area contributed by atoms with Gasteiger partial charge in [-0.2, -0.15) is 0 Å². The molecule has 2 N–H and O–H groups in total. The minimum absolute atomic E-state index is 0.172. The Hall–Kier alpha value is -5.22. The maximum atomic E-state index is 12.7. The second-order valence-electron chi connectivity index (χ2n) is 12.6. The first kappa shape index (κ1) is 30.8. The van der Waals surface area contributed by atoms with Crippen LogP contribution in [0.2, 0.25) is 0 Å². The number of aromatic nitrogens is 3. The van der Waals surface area contributed by atoms with E-state index in [4.69, 9.17) is 9.47 Å². The lowest BCUT2D eigenvalue weighted by Gasteiger charge is -2.19. The molecule has 10 heteroatoms. The number of aryl methyl sites for hydroxylation is 1. The number of carbonyl (C=O) groups is 2. The van der Waals surface area contributed by atoms with Crippen LogP contribution in [0, 0.1) is 6.92 Å². The van der Waals surface area contributed by atoms with E-state index >= 15 is 0 Å². The van der Waals surface area contributed by atoms with E-state index in [9.17, 15) is 9.59 Å². The lowest BCUT2D eigenvalue weighted by molar-refractivity contribution is -0.111. The number of ether oxygens (including phenoxy) is 2. The van der Waals surface area contributed by atoms with Crippen molar-refractivity contribution in [2.45, 2.75) is 52.2 Å². The first-order valence-corrected chi connectivity index (χ1v) is 15.4. The van der Waals surface area contributed by atoms with Crippen LogP contribution in [0.5, 0.6) is 11.5 Å². The Kier molecular flexibility index (Phi) is 8.46. The van der Waals surface area contributed by atoms with E-state index < -0.39 is 11.7 Å². The zero-order valence-electron chi connectivity index (χ0n) is 26.7. The normalized spacial score (nSPS) is 15.5. The molecule has 5 aromatic rings. The van der Waals surface area contributed by atoms with Crippen molar-refractivity contribution in [1.29, 1.82) is 0 Å². The number of rotatable bonds is 7. The highest BCUT2D eigenvalue weighted by molar-refractivity contribution is 6.02. The third-order valence-corrected chi connectivity index (χ3v) is 7.87. The summed E-state index contributed by atoms with van der Waals surface area (Å²) in [5.74, 6) is 1.72. The molecule has 0 bridgehead atoms. The number of amides is 1. The molecule has 6 rings (SSSR count). The number of hydrogen-bond acceptors (Lipinski definition) is 8. The molecule has 1 atom stereocenters. The molecule has 0 saturated carbocycles. The van der Waals surface area contributed by atoms with Crippen molar-refractivity contribution < 1.29 is 19.1 Å². The quantitative estimate of drug-likeness (QED) is 0.178. The Bertz CT molecular complexity index is 1960. The molecule has 3 aromatic carbocycles. The van der Waals surface area contributed by atoms with E-state index in [1.54, 1.807) is 12.3 Å². The molecular formula is C36H38N6O4. The second kappa shape index (κ2) is 12.6. The topological polar surface area (TPSA) is 111 Å². The number of hydrogen-bond donors (Lipinski definition) is 2. The van der Waals surface area contributed by atoms with Crippen molar-refractivity contribution in [3.05, 3.63) is 90.9 Å². The zero-order chi connectivity index (χ0) is 32.4. The fourth-order valence-electron chi connectivity index (χ4n) is 5.54. The van der Waals surface area contributed by atoms with Crippen LogP contribution in [0.15, 0.2) is 85.3 Å². The van der Waals surface area contributed by atoms with Gasteiger partial charge in [0, 0.05) is 46.5 Å². The van der Waals surface area contributed by atoms with E-state index in [-0.39, 0.29) is 5.91 Å². The number of nitrogens with zero attached hydrogens (tertiary/aromatic N) is 4. The average Bonchev–Trinajstić information content (AvgIpc) is 3.62. The van der Waals surface area contributed by atoms with Gasteiger partial charge in [0.05, 0.1) is 11.0 Å². The minimum Gasteiger partial charge on any atom is -0.457 e. The molecule has 0 aliphatic carbocycles. The molecule has 1 amide bonds. The molecule has 3 heterocycles. The van der Waals surface area contributed by atoms with E-state index in [1.165, 1.54) is 10.9 Å². The van der Waals surface area contributed by atoms with Gasteiger partial charge in [-0.15, -0.1) is 0 Å². The Balaban J connectivity index is 1.17. The summed E-state index contributed by atoms with van der Waals surface area (Å²) in [6.07, 6.45) is 8.56. The molecular weight excluding hydrogens is 580 g/mol. The van der Waals surface area contributed by atoms with E-state index in [2.05, 4.69) is 32.5 Å². The molecule has 1 aliphatic heterocycles. The summed E-state index contributed by atoms with van der Waals surface area (Å²) in [4.78, 5) is 36.5. The van der Waals surface area contributed by atoms with Gasteiger partial charge in [0.15, 0.2) is 0 Å². The maximum Gasteiger partial charge on any atom is 0.418 e. The van der Waals surface area contributed by atoms with Crippen molar-refractivity contribution in [1.82, 2.24) is 19.4 Å². The van der Waals surface area contributed by atoms with Crippen molar-refractivity contribution >= 4 is 51.0 Å². The molecule has 236 valence electrons. The van der Waals surface area contributed by atoms with Gasteiger partial charge < -0.3 is 20.1 Å². The highest BCUT2D eigenvalue weighted by atomic mass is 16.6. The summed E-state index contributed by atoms with van der Waals surface area (Å²) < 4.78 is 13.3. The summed E-state index contributed by atoms with van der Waals surface area (Å²) in [6.45, 7) is 8.53. The van der Waals surface area contributed by atoms with Crippen LogP contribution >= 0.6 is 0 Å². The molecule has 1 saturated heterocycles. The van der Waals surface area contributed by atoms with Gasteiger partial charge in [-0.05, 0) is 114 Å². The van der Waals surface area contributed by atoms with E-state index in [1.807, 2.05) is 94.4 Å². The van der Waals surface area contributed by atoms with Crippen LogP contribution in [0.3, 0.4) is 0 Å². The van der Waals surface area contributed by atoms with Crippen LogP contribution in [-0.4, -0.2) is 56.7 Å². The zero-order valence-corrected chi connectivity index (χ0v) is 26.7. The van der Waals surface area contributed by atoms with Gasteiger partial charge in [0.1, 0.15) is 29.2 Å². The summed E-state index contributed by atoms with van der Waals surface area (Å²) in [7, 11) is 2.08. The summed E-state index contributed by atoms with van der Waals surface area (Å²) in [5, 5.41) is 8.04. The van der Waals surface area contributed by atoms with Gasteiger partial charge in [0.2, 0.25) is 5.91 Å². The van der Waals surface area contributed by atoms with Crippen molar-refractivity contribution in [3.8, 4) is 11.5 Å². The van der Waals surface area contributed by atoms with E-state index in [0.717, 1.165) is 46.9 Å². The van der Waals surface area contributed by atoms with Gasteiger partial charge in [0.25, 0.3) is 0 Å². The van der Waals surface area contributed by atoms with Gasteiger partial charge in [-0.1, -0.05) is 6.08 Å². The number of nitrogens with one attached hydrogen (secondary N) is 2. The average molecular weight is 619 g/mol. The van der Waals surface area contributed by atoms with Crippen molar-refractivity contribution in [2.75, 3.05) is 24.2 Å². The van der Waals surface area contributed by atoms with Crippen LogP contribution in [0.1, 0.15) is 39.2 Å². The fourth-order valence-corrected chi connectivity index (χ4v) is 5.54. The second-order valence-corrected chi connectivity index (χ2v) is 12.6. The molecule has 10 nitrogen and oxygen atoms in total. The largest absolute Gasteiger partial charge is 0.457 e. The third kappa shape index (κ3) is 7.02. The number of benzene rings is 3. The van der Waals surface area contributed by atoms with Crippen LogP contribution in [0.4, 0.5) is 22.0 Å². The Morgan fingerprint density at radius 3 is 2.59 bits per heavy atom.